The van der Waals surface area contributed by atoms with E-state index in [9.17, 15) is 22.8 Å². The summed E-state index contributed by atoms with van der Waals surface area (Å²) in [4.78, 5) is 35.0. The molecule has 0 spiro atoms. The first-order chi connectivity index (χ1) is 16.6. The zero-order valence-corrected chi connectivity index (χ0v) is 18.6. The number of ketones is 1. The molecule has 0 amide bonds. The van der Waals surface area contributed by atoms with Crippen molar-refractivity contribution in [2.45, 2.75) is 25.7 Å². The Bertz CT molecular complexity index is 1230. The van der Waals surface area contributed by atoms with Crippen LogP contribution in [0.25, 0.3) is 11.4 Å². The Morgan fingerprint density at radius 2 is 1.86 bits per heavy atom. The number of rotatable bonds is 7. The van der Waals surface area contributed by atoms with Crippen LogP contribution in [-0.4, -0.2) is 66.5 Å². The second-order valence-electron chi connectivity index (χ2n) is 7.62. The van der Waals surface area contributed by atoms with Gasteiger partial charge < -0.3 is 14.7 Å². The van der Waals surface area contributed by atoms with Crippen LogP contribution in [0.3, 0.4) is 0 Å². The van der Waals surface area contributed by atoms with Crippen LogP contribution in [0.4, 0.5) is 19.1 Å². The summed E-state index contributed by atoms with van der Waals surface area (Å²) in [5.41, 5.74) is 0.432. The third kappa shape index (κ3) is 6.01. The summed E-state index contributed by atoms with van der Waals surface area (Å²) in [7, 11) is 0. The number of aliphatic carboxylic acids is 1. The Morgan fingerprint density at radius 3 is 2.49 bits per heavy atom. The minimum atomic E-state index is -4.87. The monoisotopic (exact) mass is 511 g/mol. The highest BCUT2D eigenvalue weighted by molar-refractivity contribution is 6.34. The lowest BCUT2D eigenvalue weighted by Crippen LogP contribution is -2.37. The normalized spacial score (nSPS) is 14.7. The number of tetrazole rings is 1. The maximum absolute atomic E-state index is 12.9. The van der Waals surface area contributed by atoms with Gasteiger partial charge in [0.15, 0.2) is 12.3 Å². The lowest BCUT2D eigenvalue weighted by atomic mass is 9.89. The predicted molar refractivity (Wildman–Crippen MR) is 114 cm³/mol. The smallest absolute Gasteiger partial charge is 0.480 e. The lowest BCUT2D eigenvalue weighted by molar-refractivity contribution is -0.274. The number of hydrogen-bond donors (Lipinski definition) is 1. The predicted octanol–water partition coefficient (Wildman–Crippen LogP) is 2.87. The highest BCUT2D eigenvalue weighted by atomic mass is 35.5. The van der Waals surface area contributed by atoms with Crippen molar-refractivity contribution >= 4 is 29.3 Å². The molecule has 1 N–H and O–H groups in total. The maximum Gasteiger partial charge on any atom is 0.573 e. The van der Waals surface area contributed by atoms with Gasteiger partial charge in [-0.15, -0.1) is 23.4 Å². The first-order valence-electron chi connectivity index (χ1n) is 10.3. The molecule has 4 rings (SSSR count). The summed E-state index contributed by atoms with van der Waals surface area (Å²) < 4.78 is 41.4. The molecule has 0 saturated carbocycles. The van der Waals surface area contributed by atoms with Gasteiger partial charge in [-0.2, -0.15) is 4.80 Å². The van der Waals surface area contributed by atoms with E-state index in [1.54, 1.807) is 0 Å². The van der Waals surface area contributed by atoms with Crippen LogP contribution in [0.5, 0.6) is 5.75 Å². The van der Waals surface area contributed by atoms with E-state index in [0.717, 1.165) is 16.9 Å². The van der Waals surface area contributed by atoms with Crippen molar-refractivity contribution in [1.82, 2.24) is 30.2 Å². The van der Waals surface area contributed by atoms with Gasteiger partial charge in [0.25, 0.3) is 0 Å². The fraction of sp³-hybridized carbons (Fsp3) is 0.350. The second-order valence-corrected chi connectivity index (χ2v) is 8.03. The maximum atomic E-state index is 12.9. The molecule has 0 radical (unpaired) electrons. The van der Waals surface area contributed by atoms with Gasteiger partial charge in [0.2, 0.25) is 11.8 Å². The largest absolute Gasteiger partial charge is 0.573 e. The number of carboxylic acids is 1. The molecular formula is C20H17ClF3N7O4. The summed E-state index contributed by atoms with van der Waals surface area (Å²) in [5.74, 6) is -1.81. The van der Waals surface area contributed by atoms with Gasteiger partial charge >= 0.3 is 12.3 Å². The molecule has 1 aliphatic rings. The number of aromatic nitrogens is 6. The average molecular weight is 512 g/mol. The van der Waals surface area contributed by atoms with Crippen molar-refractivity contribution in [3.05, 3.63) is 41.2 Å². The van der Waals surface area contributed by atoms with Gasteiger partial charge in [0.05, 0.1) is 10.6 Å². The number of nitrogens with zero attached hydrogens (tertiary/aromatic N) is 7. The molecule has 35 heavy (non-hydrogen) atoms. The van der Waals surface area contributed by atoms with Crippen LogP contribution in [-0.2, 0) is 11.3 Å². The molecule has 1 aliphatic heterocycles. The van der Waals surface area contributed by atoms with E-state index in [4.69, 9.17) is 16.7 Å². The van der Waals surface area contributed by atoms with Crippen molar-refractivity contribution in [1.29, 1.82) is 0 Å². The van der Waals surface area contributed by atoms with E-state index < -0.39 is 30.5 Å². The molecule has 0 atom stereocenters. The summed E-state index contributed by atoms with van der Waals surface area (Å²) in [6.07, 6.45) is -1.06. The molecular weight excluding hydrogens is 495 g/mol. The SMILES string of the molecule is O=C(O)Cn1nnc(-c2cnc(N3CCC(C(=O)c4cc(OC(F)(F)F)ccc4Cl)CC3)nc2)n1. The number of Topliss-reactive ketones (excluding diaryl/α,β-unsaturated/α-hetero) is 1. The van der Waals surface area contributed by atoms with Crippen molar-refractivity contribution < 1.29 is 32.6 Å². The molecule has 1 saturated heterocycles. The number of alkyl halides is 3. The van der Waals surface area contributed by atoms with Gasteiger partial charge in [0.1, 0.15) is 5.75 Å². The Kier molecular flexibility index (Phi) is 6.82. The van der Waals surface area contributed by atoms with E-state index >= 15 is 0 Å². The number of anilines is 1. The van der Waals surface area contributed by atoms with Crippen LogP contribution >= 0.6 is 11.6 Å². The number of ether oxygens (including phenoxy) is 1. The van der Waals surface area contributed by atoms with E-state index in [2.05, 4.69) is 30.1 Å². The van der Waals surface area contributed by atoms with Gasteiger partial charge in [-0.1, -0.05) is 11.6 Å². The number of benzene rings is 1. The fourth-order valence-corrected chi connectivity index (χ4v) is 3.81. The highest BCUT2D eigenvalue weighted by Gasteiger charge is 2.33. The Labute approximate surface area is 200 Å². The van der Waals surface area contributed by atoms with Crippen LogP contribution in [0.15, 0.2) is 30.6 Å². The molecule has 184 valence electrons. The number of carbonyl (C=O) groups excluding carboxylic acids is 1. The highest BCUT2D eigenvalue weighted by Crippen LogP contribution is 2.31. The zero-order valence-electron chi connectivity index (χ0n) is 17.8. The first kappa shape index (κ1) is 24.3. The molecule has 15 heteroatoms. The van der Waals surface area contributed by atoms with Gasteiger partial charge in [-0.3, -0.25) is 9.59 Å². The molecule has 3 aromatic rings. The zero-order chi connectivity index (χ0) is 25.2. The van der Waals surface area contributed by atoms with Crippen LogP contribution < -0.4 is 9.64 Å². The van der Waals surface area contributed by atoms with Crippen molar-refractivity contribution in [3.8, 4) is 17.1 Å². The minimum Gasteiger partial charge on any atom is -0.480 e. The molecule has 3 heterocycles. The summed E-state index contributed by atoms with van der Waals surface area (Å²) in [6.45, 7) is 0.461. The molecule has 11 nitrogen and oxygen atoms in total. The quantitative estimate of drug-likeness (QED) is 0.471. The van der Waals surface area contributed by atoms with Crippen LogP contribution in [0.2, 0.25) is 5.02 Å². The third-order valence-corrected chi connectivity index (χ3v) is 5.54. The average Bonchev–Trinajstić information content (AvgIpc) is 3.27. The second kappa shape index (κ2) is 9.82. The fourth-order valence-electron chi connectivity index (χ4n) is 3.60. The standard InChI is InChI=1S/C20H17ClF3N7O4/c21-15-2-1-13(35-20(22,23)24)7-14(15)17(34)11-3-5-30(6-4-11)19-25-8-12(9-26-19)18-27-29-31(28-18)10-16(32)33/h1-2,7-9,11H,3-6,10H2,(H,32,33). The number of carbonyl (C=O) groups is 2. The van der Waals surface area contributed by atoms with Gasteiger partial charge in [-0.05, 0) is 36.3 Å². The molecule has 0 bridgehead atoms. The molecule has 1 aromatic carbocycles. The van der Waals surface area contributed by atoms with E-state index in [-0.39, 0.29) is 22.2 Å². The Morgan fingerprint density at radius 1 is 1.17 bits per heavy atom. The van der Waals surface area contributed by atoms with Crippen molar-refractivity contribution in [2.75, 3.05) is 18.0 Å². The topological polar surface area (TPSA) is 136 Å². The summed E-state index contributed by atoms with van der Waals surface area (Å²) in [5, 5.41) is 20.2. The lowest BCUT2D eigenvalue weighted by Gasteiger charge is -2.31. The molecule has 0 aliphatic carbocycles. The molecule has 2 aromatic heterocycles. The third-order valence-electron chi connectivity index (χ3n) is 5.21. The van der Waals surface area contributed by atoms with Gasteiger partial charge in [-0.25, -0.2) is 9.97 Å². The van der Waals surface area contributed by atoms with Crippen molar-refractivity contribution in [2.24, 2.45) is 5.92 Å². The number of hydrogen-bond acceptors (Lipinski definition) is 9. The van der Waals surface area contributed by atoms with Crippen LogP contribution in [0, 0.1) is 5.92 Å². The minimum absolute atomic E-state index is 0.0177. The molecule has 1 fully saturated rings. The first-order valence-corrected chi connectivity index (χ1v) is 10.6. The number of carboxylic acid groups (broad SMARTS) is 1. The number of piperidine rings is 1. The van der Waals surface area contributed by atoms with E-state index in [0.29, 0.717) is 37.4 Å². The van der Waals surface area contributed by atoms with Crippen molar-refractivity contribution in [3.63, 3.8) is 0 Å². The summed E-state index contributed by atoms with van der Waals surface area (Å²) >= 11 is 6.06. The van der Waals surface area contributed by atoms with E-state index in [1.165, 1.54) is 18.5 Å². The molecule has 0 unspecified atom stereocenters. The summed E-state index contributed by atoms with van der Waals surface area (Å²) in [6, 6.07) is 3.26. The van der Waals surface area contributed by atoms with Crippen LogP contribution in [0.1, 0.15) is 23.2 Å². The number of halogens is 4. The van der Waals surface area contributed by atoms with E-state index in [1.807, 2.05) is 4.90 Å². The Hall–Kier alpha value is -3.81. The van der Waals surface area contributed by atoms with Gasteiger partial charge in [0, 0.05) is 37.0 Å². The Balaban J connectivity index is 1.38.